The molecule has 2 aromatic carbocycles. The number of hydrogen-bond acceptors (Lipinski definition) is 3. The zero-order valence-corrected chi connectivity index (χ0v) is 17.3. The van der Waals surface area contributed by atoms with Gasteiger partial charge >= 0.3 is 0 Å². The lowest BCUT2D eigenvalue weighted by atomic mass is 10.00. The third-order valence-corrected chi connectivity index (χ3v) is 5.08. The Hall–Kier alpha value is -2.83. The maximum atomic E-state index is 13.8. The van der Waals surface area contributed by atoms with Gasteiger partial charge in [0.25, 0.3) is 5.91 Å². The summed E-state index contributed by atoms with van der Waals surface area (Å²) in [7, 11) is 0. The van der Waals surface area contributed by atoms with Crippen molar-refractivity contribution in [3.05, 3.63) is 93.8 Å². The molecule has 0 atom stereocenters. The second kappa shape index (κ2) is 9.32. The van der Waals surface area contributed by atoms with Crippen molar-refractivity contribution in [1.29, 1.82) is 0 Å². The van der Waals surface area contributed by atoms with Gasteiger partial charge in [0.05, 0.1) is 16.3 Å². The summed E-state index contributed by atoms with van der Waals surface area (Å²) in [6.45, 7) is 3.94. The van der Waals surface area contributed by atoms with Crippen LogP contribution in [0.15, 0.2) is 66.6 Å². The van der Waals surface area contributed by atoms with Gasteiger partial charge in [-0.15, -0.1) is 0 Å². The summed E-state index contributed by atoms with van der Waals surface area (Å²) < 4.78 is 33.3. The van der Waals surface area contributed by atoms with E-state index in [-0.39, 0.29) is 22.1 Å². The molecule has 2 aromatic rings. The molecule has 0 saturated carbocycles. The average Bonchev–Trinajstić information content (AvgIpc) is 2.71. The number of benzene rings is 2. The van der Waals surface area contributed by atoms with Crippen molar-refractivity contribution >= 4 is 34.8 Å². The maximum absolute atomic E-state index is 13.8. The number of nitrogens with zero attached hydrogens (tertiary/aromatic N) is 1. The van der Waals surface area contributed by atoms with Crippen molar-refractivity contribution < 1.29 is 18.3 Å². The van der Waals surface area contributed by atoms with Crippen LogP contribution < -0.4 is 15.4 Å². The summed E-state index contributed by atoms with van der Waals surface area (Å²) >= 11 is 12.2. The molecule has 0 saturated heterocycles. The standard InChI is InChI=1S/C22H18Cl2F2N2O2/c1-2-4-20(30-21-10-14(23)6-7-16(21)24)15(12-27)22(29)28-8-3-5-13-9-17(25)18(26)11-19(13)28/h2,4,6-7,9-12H,1,3,5,8,27H2/b15-12+,20-4+. The molecule has 0 radical (unpaired) electrons. The molecule has 0 unspecified atom stereocenters. The summed E-state index contributed by atoms with van der Waals surface area (Å²) in [5.41, 5.74) is 6.59. The molecule has 156 valence electrons. The van der Waals surface area contributed by atoms with Crippen molar-refractivity contribution in [2.24, 2.45) is 5.73 Å². The number of allylic oxidation sites excluding steroid dienone is 2. The average molecular weight is 451 g/mol. The number of amides is 1. The van der Waals surface area contributed by atoms with Crippen LogP contribution in [0.25, 0.3) is 0 Å². The monoisotopic (exact) mass is 450 g/mol. The number of anilines is 1. The first-order chi connectivity index (χ1) is 14.3. The normalized spacial score (nSPS) is 14.3. The van der Waals surface area contributed by atoms with Gasteiger partial charge in [-0.25, -0.2) is 8.78 Å². The Labute approximate surface area is 182 Å². The van der Waals surface area contributed by atoms with Crippen LogP contribution in [0.2, 0.25) is 10.0 Å². The molecule has 1 aliphatic heterocycles. The first kappa shape index (κ1) is 21.9. The van der Waals surface area contributed by atoms with Crippen LogP contribution in [0, 0.1) is 11.6 Å². The van der Waals surface area contributed by atoms with E-state index in [0.717, 1.165) is 18.3 Å². The van der Waals surface area contributed by atoms with Crippen LogP contribution >= 0.6 is 23.2 Å². The molecule has 4 nitrogen and oxygen atoms in total. The van der Waals surface area contributed by atoms with Gasteiger partial charge in [-0.2, -0.15) is 0 Å². The minimum atomic E-state index is -1.03. The van der Waals surface area contributed by atoms with E-state index in [9.17, 15) is 13.6 Å². The largest absolute Gasteiger partial charge is 0.455 e. The number of aryl methyl sites for hydroxylation is 1. The fraction of sp³-hybridized carbons (Fsp3) is 0.136. The quantitative estimate of drug-likeness (QED) is 0.369. The van der Waals surface area contributed by atoms with Gasteiger partial charge in [-0.05, 0) is 42.7 Å². The highest BCUT2D eigenvalue weighted by molar-refractivity contribution is 6.34. The number of fused-ring (bicyclic) bond motifs is 1. The molecule has 8 heteroatoms. The van der Waals surface area contributed by atoms with Crippen molar-refractivity contribution in [2.75, 3.05) is 11.4 Å². The number of carbonyl (C=O) groups excluding carboxylic acids is 1. The van der Waals surface area contributed by atoms with Crippen molar-refractivity contribution in [1.82, 2.24) is 0 Å². The lowest BCUT2D eigenvalue weighted by Gasteiger charge is -2.30. The van der Waals surface area contributed by atoms with Gasteiger partial charge in [0.1, 0.15) is 11.5 Å². The number of hydrogen-bond donors (Lipinski definition) is 1. The summed E-state index contributed by atoms with van der Waals surface area (Å²) in [4.78, 5) is 14.6. The highest BCUT2D eigenvalue weighted by Gasteiger charge is 2.29. The van der Waals surface area contributed by atoms with Crippen molar-refractivity contribution in [2.45, 2.75) is 12.8 Å². The van der Waals surface area contributed by atoms with Crippen molar-refractivity contribution in [3.8, 4) is 5.75 Å². The van der Waals surface area contributed by atoms with Crippen molar-refractivity contribution in [3.63, 3.8) is 0 Å². The van der Waals surface area contributed by atoms with Gasteiger partial charge in [0, 0.05) is 29.9 Å². The molecule has 30 heavy (non-hydrogen) atoms. The zero-order chi connectivity index (χ0) is 21.8. The topological polar surface area (TPSA) is 55.6 Å². The minimum absolute atomic E-state index is 0.00326. The second-order valence-corrected chi connectivity index (χ2v) is 7.32. The van der Waals surface area contributed by atoms with Crippen LogP contribution in [0.3, 0.4) is 0 Å². The fourth-order valence-corrected chi connectivity index (χ4v) is 3.47. The van der Waals surface area contributed by atoms with E-state index >= 15 is 0 Å². The van der Waals surface area contributed by atoms with Gasteiger partial charge in [-0.1, -0.05) is 35.9 Å². The number of rotatable bonds is 5. The van der Waals surface area contributed by atoms with E-state index in [4.69, 9.17) is 33.7 Å². The first-order valence-corrected chi connectivity index (χ1v) is 9.79. The molecule has 2 N–H and O–H groups in total. The lowest BCUT2D eigenvalue weighted by Crippen LogP contribution is -2.37. The summed E-state index contributed by atoms with van der Waals surface area (Å²) in [5.74, 6) is -2.22. The number of nitrogens with two attached hydrogens (primary N) is 1. The van der Waals surface area contributed by atoms with Crippen LogP contribution in [0.4, 0.5) is 14.5 Å². The molecule has 0 aromatic heterocycles. The highest BCUT2D eigenvalue weighted by Crippen LogP contribution is 2.33. The van der Waals surface area contributed by atoms with Gasteiger partial charge in [-0.3, -0.25) is 4.79 Å². The predicted octanol–water partition coefficient (Wildman–Crippen LogP) is 5.54. The van der Waals surface area contributed by atoms with E-state index in [0.29, 0.717) is 35.7 Å². The van der Waals surface area contributed by atoms with E-state index in [2.05, 4.69) is 6.58 Å². The highest BCUT2D eigenvalue weighted by atomic mass is 35.5. The van der Waals surface area contributed by atoms with E-state index in [1.165, 1.54) is 23.1 Å². The molecule has 1 aliphatic rings. The van der Waals surface area contributed by atoms with Crippen LogP contribution in [0.1, 0.15) is 12.0 Å². The maximum Gasteiger partial charge on any atom is 0.263 e. The Bertz CT molecular complexity index is 1070. The summed E-state index contributed by atoms with van der Waals surface area (Å²) in [6, 6.07) is 6.77. The van der Waals surface area contributed by atoms with E-state index in [1.807, 2.05) is 0 Å². The van der Waals surface area contributed by atoms with Crippen LogP contribution in [-0.4, -0.2) is 12.5 Å². The van der Waals surface area contributed by atoms with Gasteiger partial charge in [0.2, 0.25) is 0 Å². The molecule has 1 amide bonds. The summed E-state index contributed by atoms with van der Waals surface area (Å²) in [6.07, 6.45) is 5.07. The molecule has 0 aliphatic carbocycles. The SMILES string of the molecule is C=C/C=C(Oc1cc(Cl)ccc1Cl)\C(=C/N)C(=O)N1CCCc2cc(F)c(F)cc21. The Kier molecular flexibility index (Phi) is 6.80. The number of carbonyl (C=O) groups is 1. The molecule has 1 heterocycles. The predicted molar refractivity (Wildman–Crippen MR) is 115 cm³/mol. The minimum Gasteiger partial charge on any atom is -0.455 e. The smallest absolute Gasteiger partial charge is 0.263 e. The van der Waals surface area contributed by atoms with Gasteiger partial charge in [0.15, 0.2) is 11.6 Å². The third-order valence-electron chi connectivity index (χ3n) is 4.53. The third kappa shape index (κ3) is 4.50. The van der Waals surface area contributed by atoms with E-state index < -0.39 is 17.5 Å². The van der Waals surface area contributed by atoms with Gasteiger partial charge < -0.3 is 15.4 Å². The Morgan fingerprint density at radius 3 is 2.63 bits per heavy atom. The molecule has 3 rings (SSSR count). The fourth-order valence-electron chi connectivity index (χ4n) is 3.15. The second-order valence-electron chi connectivity index (χ2n) is 6.48. The summed E-state index contributed by atoms with van der Waals surface area (Å²) in [5, 5.41) is 0.665. The molecular weight excluding hydrogens is 433 g/mol. The number of ether oxygens (including phenoxy) is 1. The Morgan fingerprint density at radius 2 is 1.93 bits per heavy atom. The Balaban J connectivity index is 1.97. The van der Waals surface area contributed by atoms with E-state index in [1.54, 1.807) is 12.1 Å². The lowest BCUT2D eigenvalue weighted by molar-refractivity contribution is -0.115. The zero-order valence-electron chi connectivity index (χ0n) is 15.8. The first-order valence-electron chi connectivity index (χ1n) is 9.03. The number of halogens is 4. The molecular formula is C22H18Cl2F2N2O2. The molecule has 0 fully saturated rings. The molecule has 0 spiro atoms. The van der Waals surface area contributed by atoms with Crippen LogP contribution in [-0.2, 0) is 11.2 Å². The Morgan fingerprint density at radius 1 is 1.20 bits per heavy atom. The molecule has 0 bridgehead atoms. The van der Waals surface area contributed by atoms with Crippen LogP contribution in [0.5, 0.6) is 5.75 Å².